The zero-order valence-electron chi connectivity index (χ0n) is 12.7. The smallest absolute Gasteiger partial charge is 0.338 e. The molecule has 0 aliphatic heterocycles. The van der Waals surface area contributed by atoms with Crippen molar-refractivity contribution in [3.8, 4) is 5.75 Å². The Hall–Kier alpha value is -2.34. The summed E-state index contributed by atoms with van der Waals surface area (Å²) in [5, 5.41) is 0. The second-order valence-electron chi connectivity index (χ2n) is 4.59. The van der Waals surface area contributed by atoms with Crippen molar-refractivity contribution in [1.82, 2.24) is 0 Å². The fourth-order valence-corrected chi connectivity index (χ4v) is 2.41. The van der Waals surface area contributed by atoms with Crippen LogP contribution in [0.2, 0.25) is 0 Å². The van der Waals surface area contributed by atoms with E-state index in [1.54, 1.807) is 0 Å². The number of carbonyl (C=O) groups is 2. The number of rotatable bonds is 5. The van der Waals surface area contributed by atoms with Crippen molar-refractivity contribution >= 4 is 27.9 Å². The second kappa shape index (κ2) is 7.78. The molecule has 0 heterocycles. The molecule has 6 heteroatoms. The lowest BCUT2D eigenvalue weighted by atomic mass is 10.1. The topological polar surface area (TPSA) is 61.8 Å². The number of carbonyl (C=O) groups excluding carboxylic acids is 2. The van der Waals surface area contributed by atoms with Crippen LogP contribution < -0.4 is 4.74 Å². The van der Waals surface area contributed by atoms with Crippen molar-refractivity contribution < 1.29 is 23.8 Å². The molecule has 0 atom stereocenters. The molecule has 2 rings (SSSR count). The van der Waals surface area contributed by atoms with E-state index in [0.717, 1.165) is 5.56 Å². The van der Waals surface area contributed by atoms with Crippen LogP contribution in [-0.4, -0.2) is 26.2 Å². The number of hydrogen-bond acceptors (Lipinski definition) is 5. The number of hydrogen-bond donors (Lipinski definition) is 0. The summed E-state index contributed by atoms with van der Waals surface area (Å²) in [6, 6.07) is 12.5. The van der Waals surface area contributed by atoms with Gasteiger partial charge in [-0.05, 0) is 33.6 Å². The Labute approximate surface area is 142 Å². The molecule has 0 aromatic heterocycles. The average Bonchev–Trinajstić information content (AvgIpc) is 2.59. The van der Waals surface area contributed by atoms with Gasteiger partial charge in [-0.2, -0.15) is 0 Å². The molecule has 0 bridgehead atoms. The fraction of sp³-hybridized carbons (Fsp3) is 0.176. The molecular weight excluding hydrogens is 364 g/mol. The fourth-order valence-electron chi connectivity index (χ4n) is 1.96. The normalized spacial score (nSPS) is 10.0. The van der Waals surface area contributed by atoms with Gasteiger partial charge < -0.3 is 14.2 Å². The van der Waals surface area contributed by atoms with Gasteiger partial charge in [0.05, 0.1) is 29.8 Å². The predicted octanol–water partition coefficient (Wildman–Crippen LogP) is 3.60. The predicted molar refractivity (Wildman–Crippen MR) is 87.6 cm³/mol. The molecule has 2 aromatic carbocycles. The van der Waals surface area contributed by atoms with Crippen LogP contribution in [0.5, 0.6) is 5.75 Å². The van der Waals surface area contributed by atoms with Crippen molar-refractivity contribution in [1.29, 1.82) is 0 Å². The SMILES string of the molecule is COC(=O)c1cc(Br)c(OCc2ccccc2)cc1C(=O)OC. The summed E-state index contributed by atoms with van der Waals surface area (Å²) in [6.45, 7) is 0.331. The Kier molecular flexibility index (Phi) is 5.76. The minimum absolute atomic E-state index is 0.0885. The zero-order valence-corrected chi connectivity index (χ0v) is 14.3. The quantitative estimate of drug-likeness (QED) is 0.743. The Morgan fingerprint density at radius 3 is 2.09 bits per heavy atom. The van der Waals surface area contributed by atoms with Crippen LogP contribution in [0, 0.1) is 0 Å². The van der Waals surface area contributed by atoms with Gasteiger partial charge in [0.2, 0.25) is 0 Å². The largest absolute Gasteiger partial charge is 0.488 e. The van der Waals surface area contributed by atoms with Gasteiger partial charge in [0.25, 0.3) is 0 Å². The minimum atomic E-state index is -0.637. The molecule has 120 valence electrons. The van der Waals surface area contributed by atoms with Gasteiger partial charge in [-0.15, -0.1) is 0 Å². The van der Waals surface area contributed by atoms with Crippen LogP contribution in [-0.2, 0) is 16.1 Å². The standard InChI is InChI=1S/C17H15BrO5/c1-21-16(19)12-8-14(18)15(9-13(12)17(20)22-2)23-10-11-6-4-3-5-7-11/h3-9H,10H2,1-2H3. The van der Waals surface area contributed by atoms with Crippen molar-refractivity contribution in [3.05, 3.63) is 63.6 Å². The third kappa shape index (κ3) is 4.10. The summed E-state index contributed by atoms with van der Waals surface area (Å²) < 4.78 is 15.7. The van der Waals surface area contributed by atoms with Gasteiger partial charge >= 0.3 is 11.9 Å². The summed E-state index contributed by atoms with van der Waals surface area (Å²) in [7, 11) is 2.49. The van der Waals surface area contributed by atoms with E-state index in [2.05, 4.69) is 20.7 Å². The van der Waals surface area contributed by atoms with E-state index in [0.29, 0.717) is 16.8 Å². The summed E-state index contributed by atoms with van der Waals surface area (Å²) in [4.78, 5) is 23.7. The first kappa shape index (κ1) is 17.0. The third-order valence-electron chi connectivity index (χ3n) is 3.12. The third-order valence-corrected chi connectivity index (χ3v) is 3.74. The van der Waals surface area contributed by atoms with Crippen LogP contribution in [0.3, 0.4) is 0 Å². The van der Waals surface area contributed by atoms with E-state index < -0.39 is 11.9 Å². The highest BCUT2D eigenvalue weighted by atomic mass is 79.9. The van der Waals surface area contributed by atoms with Crippen molar-refractivity contribution in [2.45, 2.75) is 6.61 Å². The highest BCUT2D eigenvalue weighted by molar-refractivity contribution is 9.10. The second-order valence-corrected chi connectivity index (χ2v) is 5.44. The van der Waals surface area contributed by atoms with Crippen molar-refractivity contribution in [2.75, 3.05) is 14.2 Å². The lowest BCUT2D eigenvalue weighted by molar-refractivity contribution is 0.0554. The summed E-state index contributed by atoms with van der Waals surface area (Å²) in [6.07, 6.45) is 0. The molecule has 0 radical (unpaired) electrons. The Morgan fingerprint density at radius 2 is 1.52 bits per heavy atom. The lowest BCUT2D eigenvalue weighted by Gasteiger charge is -2.12. The van der Waals surface area contributed by atoms with Gasteiger partial charge in [-0.3, -0.25) is 0 Å². The summed E-state index contributed by atoms with van der Waals surface area (Å²) in [5.74, 6) is -0.829. The maximum Gasteiger partial charge on any atom is 0.338 e. The minimum Gasteiger partial charge on any atom is -0.488 e. The number of halogens is 1. The molecule has 0 aliphatic rings. The van der Waals surface area contributed by atoms with Gasteiger partial charge in [-0.1, -0.05) is 30.3 Å². The number of esters is 2. The van der Waals surface area contributed by atoms with Gasteiger partial charge in [0, 0.05) is 0 Å². The molecule has 5 nitrogen and oxygen atoms in total. The van der Waals surface area contributed by atoms with Crippen LogP contribution in [0.4, 0.5) is 0 Å². The van der Waals surface area contributed by atoms with Gasteiger partial charge in [-0.25, -0.2) is 9.59 Å². The maximum atomic E-state index is 11.9. The molecular formula is C17H15BrO5. The van der Waals surface area contributed by atoms with Crippen LogP contribution in [0.15, 0.2) is 46.9 Å². The molecule has 23 heavy (non-hydrogen) atoms. The van der Waals surface area contributed by atoms with E-state index in [9.17, 15) is 9.59 Å². The van der Waals surface area contributed by atoms with Crippen molar-refractivity contribution in [3.63, 3.8) is 0 Å². The van der Waals surface area contributed by atoms with E-state index in [4.69, 9.17) is 9.47 Å². The first-order valence-electron chi connectivity index (χ1n) is 6.73. The highest BCUT2D eigenvalue weighted by Crippen LogP contribution is 2.30. The van der Waals surface area contributed by atoms with E-state index >= 15 is 0 Å². The van der Waals surface area contributed by atoms with Gasteiger partial charge in [0.15, 0.2) is 0 Å². The Bertz CT molecular complexity index is 712. The van der Waals surface area contributed by atoms with Crippen LogP contribution >= 0.6 is 15.9 Å². The molecule has 0 saturated heterocycles. The molecule has 2 aromatic rings. The molecule has 0 fully saturated rings. The van der Waals surface area contributed by atoms with E-state index in [-0.39, 0.29) is 11.1 Å². The summed E-state index contributed by atoms with van der Waals surface area (Å²) >= 11 is 3.34. The first-order valence-corrected chi connectivity index (χ1v) is 7.53. The highest BCUT2D eigenvalue weighted by Gasteiger charge is 2.21. The molecule has 0 saturated carbocycles. The van der Waals surface area contributed by atoms with Crippen LogP contribution in [0.25, 0.3) is 0 Å². The van der Waals surface area contributed by atoms with Crippen LogP contribution in [0.1, 0.15) is 26.3 Å². The average molecular weight is 379 g/mol. The monoisotopic (exact) mass is 378 g/mol. The number of methoxy groups -OCH3 is 2. The summed E-state index contributed by atoms with van der Waals surface area (Å²) in [5.41, 5.74) is 1.18. The number of ether oxygens (including phenoxy) is 3. The number of benzene rings is 2. The molecule has 0 spiro atoms. The lowest BCUT2D eigenvalue weighted by Crippen LogP contribution is -2.12. The first-order chi connectivity index (χ1) is 11.1. The molecule has 0 unspecified atom stereocenters. The van der Waals surface area contributed by atoms with E-state index in [1.807, 2.05) is 30.3 Å². The maximum absolute atomic E-state index is 11.9. The van der Waals surface area contributed by atoms with Crippen molar-refractivity contribution in [2.24, 2.45) is 0 Å². The molecule has 0 aliphatic carbocycles. The zero-order chi connectivity index (χ0) is 16.8. The van der Waals surface area contributed by atoms with E-state index in [1.165, 1.54) is 26.4 Å². The molecule has 0 amide bonds. The Morgan fingerprint density at radius 1 is 0.957 bits per heavy atom. The van der Waals surface area contributed by atoms with Gasteiger partial charge in [0.1, 0.15) is 12.4 Å². The Balaban J connectivity index is 2.33. The molecule has 0 N–H and O–H groups in total.